The van der Waals surface area contributed by atoms with E-state index in [1.165, 1.54) is 10.4 Å². The molecule has 0 saturated heterocycles. The fraction of sp³-hybridized carbons (Fsp3) is 0.308. The van der Waals surface area contributed by atoms with Crippen LogP contribution in [-0.2, 0) is 13.1 Å². The van der Waals surface area contributed by atoms with Crippen LogP contribution in [0.1, 0.15) is 32.3 Å². The Morgan fingerprint density at radius 2 is 2.22 bits per heavy atom. The molecule has 18 heavy (non-hydrogen) atoms. The van der Waals surface area contributed by atoms with E-state index in [2.05, 4.69) is 23.7 Å². The minimum absolute atomic E-state index is 0.00314. The molecule has 0 saturated carbocycles. The highest BCUT2D eigenvalue weighted by molar-refractivity contribution is 7.10. The van der Waals surface area contributed by atoms with Gasteiger partial charge in [-0.25, -0.2) is 4.79 Å². The molecule has 0 aliphatic rings. The first-order valence-electron chi connectivity index (χ1n) is 5.64. The van der Waals surface area contributed by atoms with Crippen molar-refractivity contribution in [1.82, 2.24) is 5.32 Å². The van der Waals surface area contributed by atoms with Crippen LogP contribution in [-0.4, -0.2) is 11.1 Å². The van der Waals surface area contributed by atoms with Crippen LogP contribution in [0.4, 0.5) is 0 Å². The molecule has 2 rings (SSSR count). The summed E-state index contributed by atoms with van der Waals surface area (Å²) in [7, 11) is 0. The molecular weight excluding hydrogens is 250 g/mol. The Bertz CT molecular complexity index is 556. The smallest absolute Gasteiger partial charge is 0.371 e. The number of aromatic carboxylic acids is 1. The SMILES string of the molecule is Cc1ccsc1CNCc1cc(C(=O)O)oc1C. The minimum Gasteiger partial charge on any atom is -0.475 e. The van der Waals surface area contributed by atoms with E-state index >= 15 is 0 Å². The first-order chi connectivity index (χ1) is 8.58. The average molecular weight is 265 g/mol. The molecule has 96 valence electrons. The molecule has 4 nitrogen and oxygen atoms in total. The zero-order valence-electron chi connectivity index (χ0n) is 10.3. The quantitative estimate of drug-likeness (QED) is 0.872. The Labute approximate surface area is 109 Å². The molecule has 0 atom stereocenters. The number of furan rings is 1. The van der Waals surface area contributed by atoms with Gasteiger partial charge >= 0.3 is 5.97 Å². The summed E-state index contributed by atoms with van der Waals surface area (Å²) in [4.78, 5) is 12.1. The number of carbonyl (C=O) groups is 1. The minimum atomic E-state index is -1.03. The lowest BCUT2D eigenvalue weighted by molar-refractivity contribution is 0.0661. The van der Waals surface area contributed by atoms with Crippen LogP contribution in [0.25, 0.3) is 0 Å². The number of carboxylic acid groups (broad SMARTS) is 1. The highest BCUT2D eigenvalue weighted by atomic mass is 32.1. The van der Waals surface area contributed by atoms with Crippen LogP contribution in [0, 0.1) is 13.8 Å². The first kappa shape index (κ1) is 12.9. The molecule has 0 radical (unpaired) electrons. The van der Waals surface area contributed by atoms with Crippen LogP contribution in [0.2, 0.25) is 0 Å². The van der Waals surface area contributed by atoms with Gasteiger partial charge in [0.05, 0.1) is 0 Å². The van der Waals surface area contributed by atoms with E-state index < -0.39 is 5.97 Å². The van der Waals surface area contributed by atoms with Gasteiger partial charge in [0.15, 0.2) is 0 Å². The highest BCUT2D eigenvalue weighted by Gasteiger charge is 2.12. The summed E-state index contributed by atoms with van der Waals surface area (Å²) in [6.45, 7) is 5.26. The van der Waals surface area contributed by atoms with E-state index in [1.54, 1.807) is 24.3 Å². The molecule has 2 aromatic heterocycles. The van der Waals surface area contributed by atoms with E-state index in [-0.39, 0.29) is 5.76 Å². The van der Waals surface area contributed by atoms with Gasteiger partial charge < -0.3 is 14.8 Å². The molecule has 0 aliphatic carbocycles. The number of carboxylic acids is 1. The Kier molecular flexibility index (Phi) is 3.84. The van der Waals surface area contributed by atoms with Gasteiger partial charge in [0.2, 0.25) is 5.76 Å². The van der Waals surface area contributed by atoms with Crippen molar-refractivity contribution in [3.63, 3.8) is 0 Å². The monoisotopic (exact) mass is 265 g/mol. The predicted molar refractivity (Wildman–Crippen MR) is 70.0 cm³/mol. The summed E-state index contributed by atoms with van der Waals surface area (Å²) in [6, 6.07) is 3.67. The number of hydrogen-bond acceptors (Lipinski definition) is 4. The van der Waals surface area contributed by atoms with Crippen molar-refractivity contribution in [2.45, 2.75) is 26.9 Å². The molecule has 2 N–H and O–H groups in total. The zero-order valence-corrected chi connectivity index (χ0v) is 11.1. The van der Waals surface area contributed by atoms with Crippen LogP contribution >= 0.6 is 11.3 Å². The standard InChI is InChI=1S/C13H15NO3S/c1-8-3-4-18-12(8)7-14-6-10-5-11(13(15)16)17-9(10)2/h3-5,14H,6-7H2,1-2H3,(H,15,16). The van der Waals surface area contributed by atoms with Crippen molar-refractivity contribution in [3.8, 4) is 0 Å². The largest absolute Gasteiger partial charge is 0.475 e. The average Bonchev–Trinajstić information content (AvgIpc) is 2.87. The number of rotatable bonds is 5. The van der Waals surface area contributed by atoms with Gasteiger partial charge in [-0.05, 0) is 36.9 Å². The van der Waals surface area contributed by atoms with E-state index in [9.17, 15) is 4.79 Å². The third-order valence-electron chi connectivity index (χ3n) is 2.80. The molecule has 0 aromatic carbocycles. The number of thiophene rings is 1. The van der Waals surface area contributed by atoms with E-state index in [4.69, 9.17) is 9.52 Å². The van der Waals surface area contributed by atoms with Crippen molar-refractivity contribution in [2.75, 3.05) is 0 Å². The molecule has 0 bridgehead atoms. The van der Waals surface area contributed by atoms with Gasteiger partial charge in [0.25, 0.3) is 0 Å². The van der Waals surface area contributed by atoms with Gasteiger partial charge in [-0.3, -0.25) is 0 Å². The van der Waals surface area contributed by atoms with Gasteiger partial charge in [-0.15, -0.1) is 11.3 Å². The maximum Gasteiger partial charge on any atom is 0.371 e. The summed E-state index contributed by atoms with van der Waals surface area (Å²) < 4.78 is 5.15. The fourth-order valence-electron chi connectivity index (χ4n) is 1.70. The topological polar surface area (TPSA) is 62.5 Å². The van der Waals surface area contributed by atoms with Gasteiger partial charge in [-0.2, -0.15) is 0 Å². The first-order valence-corrected chi connectivity index (χ1v) is 6.52. The van der Waals surface area contributed by atoms with Crippen LogP contribution < -0.4 is 5.32 Å². The lowest BCUT2D eigenvalue weighted by Crippen LogP contribution is -2.12. The van der Waals surface area contributed by atoms with Crippen molar-refractivity contribution in [2.24, 2.45) is 0 Å². The van der Waals surface area contributed by atoms with Crippen molar-refractivity contribution >= 4 is 17.3 Å². The van der Waals surface area contributed by atoms with Gasteiger partial charge in [0.1, 0.15) is 5.76 Å². The summed E-state index contributed by atoms with van der Waals surface area (Å²) in [5.41, 5.74) is 2.17. The maximum atomic E-state index is 10.8. The van der Waals surface area contributed by atoms with E-state index in [1.807, 2.05) is 0 Å². The third kappa shape index (κ3) is 2.80. The zero-order chi connectivity index (χ0) is 13.1. The Hall–Kier alpha value is -1.59. The van der Waals surface area contributed by atoms with Gasteiger partial charge in [0, 0.05) is 23.5 Å². The molecule has 2 aromatic rings. The predicted octanol–water partition coefficient (Wildman–Crippen LogP) is 2.95. The fourth-order valence-corrected chi connectivity index (χ4v) is 2.57. The molecule has 0 spiro atoms. The van der Waals surface area contributed by atoms with Crippen molar-refractivity contribution in [3.05, 3.63) is 45.0 Å². The second kappa shape index (κ2) is 5.37. The third-order valence-corrected chi connectivity index (χ3v) is 3.82. The lowest BCUT2D eigenvalue weighted by Gasteiger charge is -2.02. The van der Waals surface area contributed by atoms with Crippen molar-refractivity contribution < 1.29 is 14.3 Å². The number of hydrogen-bond donors (Lipinski definition) is 2. The summed E-state index contributed by atoms with van der Waals surface area (Å²) in [5, 5.41) is 14.2. The Morgan fingerprint density at radius 3 is 2.78 bits per heavy atom. The molecule has 0 aliphatic heterocycles. The second-order valence-corrected chi connectivity index (χ2v) is 5.13. The van der Waals surface area contributed by atoms with E-state index in [0.717, 1.165) is 12.1 Å². The van der Waals surface area contributed by atoms with Crippen LogP contribution in [0.5, 0.6) is 0 Å². The highest BCUT2D eigenvalue weighted by Crippen LogP contribution is 2.17. The van der Waals surface area contributed by atoms with Crippen LogP contribution in [0.3, 0.4) is 0 Å². The molecule has 2 heterocycles. The summed E-state index contributed by atoms with van der Waals surface area (Å²) in [5.74, 6) is -0.377. The summed E-state index contributed by atoms with van der Waals surface area (Å²) in [6.07, 6.45) is 0. The Morgan fingerprint density at radius 1 is 1.44 bits per heavy atom. The molecule has 5 heteroatoms. The molecule has 0 unspecified atom stereocenters. The normalized spacial score (nSPS) is 10.8. The maximum absolute atomic E-state index is 10.8. The van der Waals surface area contributed by atoms with Crippen LogP contribution in [0.15, 0.2) is 21.9 Å². The Balaban J connectivity index is 1.94. The molecular formula is C13H15NO3S. The molecule has 0 amide bonds. The second-order valence-electron chi connectivity index (χ2n) is 4.13. The number of nitrogens with one attached hydrogen (secondary N) is 1. The lowest BCUT2D eigenvalue weighted by atomic mass is 10.2. The van der Waals surface area contributed by atoms with Crippen molar-refractivity contribution in [1.29, 1.82) is 0 Å². The molecule has 0 fully saturated rings. The number of aryl methyl sites for hydroxylation is 2. The van der Waals surface area contributed by atoms with Gasteiger partial charge in [-0.1, -0.05) is 0 Å². The van der Waals surface area contributed by atoms with E-state index in [0.29, 0.717) is 12.3 Å². The summed E-state index contributed by atoms with van der Waals surface area (Å²) >= 11 is 1.72.